The number of nitrogens with two attached hydrogens (primary N) is 1. The Balaban J connectivity index is 2.21. The van der Waals surface area contributed by atoms with Gasteiger partial charge in [0.05, 0.1) is 5.39 Å². The number of rotatable bonds is 5. The zero-order chi connectivity index (χ0) is 13.8. The minimum Gasteiger partial charge on any atom is -0.398 e. The van der Waals surface area contributed by atoms with Crippen LogP contribution < -0.4 is 11.1 Å². The topological polar surface area (TPSA) is 54.2 Å². The molecule has 4 nitrogen and oxygen atoms in total. The molecule has 0 aliphatic carbocycles. The van der Waals surface area contributed by atoms with Crippen LogP contribution in [0.4, 0.5) is 15.9 Å². The van der Waals surface area contributed by atoms with Gasteiger partial charge in [0.1, 0.15) is 11.6 Å². The zero-order valence-corrected chi connectivity index (χ0v) is 11.3. The number of aromatic nitrogens is 1. The summed E-state index contributed by atoms with van der Waals surface area (Å²) in [6.07, 6.45) is 2.61. The molecule has 2 aromatic rings. The Bertz CT molecular complexity index is 569. The molecule has 5 heteroatoms. The fraction of sp³-hybridized carbons (Fsp3) is 0.357. The summed E-state index contributed by atoms with van der Waals surface area (Å²) >= 11 is 0. The van der Waals surface area contributed by atoms with Crippen molar-refractivity contribution >= 4 is 22.3 Å². The largest absolute Gasteiger partial charge is 0.398 e. The number of fused-ring (bicyclic) bond motifs is 1. The first-order valence-corrected chi connectivity index (χ1v) is 6.31. The predicted octanol–water partition coefficient (Wildman–Crippen LogP) is 2.32. The van der Waals surface area contributed by atoms with Crippen LogP contribution in [0.15, 0.2) is 24.4 Å². The molecular weight excluding hydrogens is 243 g/mol. The number of pyridine rings is 1. The molecule has 3 N–H and O–H groups in total. The van der Waals surface area contributed by atoms with Gasteiger partial charge in [-0.15, -0.1) is 0 Å². The van der Waals surface area contributed by atoms with Gasteiger partial charge in [0.2, 0.25) is 0 Å². The van der Waals surface area contributed by atoms with E-state index in [1.807, 2.05) is 14.1 Å². The Morgan fingerprint density at radius 3 is 2.84 bits per heavy atom. The number of halogens is 1. The third-order valence-electron chi connectivity index (χ3n) is 2.98. The van der Waals surface area contributed by atoms with E-state index in [1.54, 1.807) is 18.3 Å². The summed E-state index contributed by atoms with van der Waals surface area (Å²) in [7, 11) is 4.05. The van der Waals surface area contributed by atoms with Gasteiger partial charge >= 0.3 is 0 Å². The van der Waals surface area contributed by atoms with E-state index in [4.69, 9.17) is 5.73 Å². The molecule has 1 aromatic heterocycles. The molecule has 0 aliphatic rings. The molecule has 0 spiro atoms. The van der Waals surface area contributed by atoms with Crippen molar-refractivity contribution in [2.24, 2.45) is 0 Å². The highest BCUT2D eigenvalue weighted by atomic mass is 19.1. The van der Waals surface area contributed by atoms with Gasteiger partial charge in [-0.25, -0.2) is 9.37 Å². The molecule has 0 amide bonds. The summed E-state index contributed by atoms with van der Waals surface area (Å²) in [6.45, 7) is 1.72. The quantitative estimate of drug-likeness (QED) is 0.641. The van der Waals surface area contributed by atoms with Crippen molar-refractivity contribution in [3.05, 3.63) is 30.2 Å². The summed E-state index contributed by atoms with van der Waals surface area (Å²) in [5.74, 6) is 0.258. The maximum Gasteiger partial charge on any atom is 0.136 e. The van der Waals surface area contributed by atoms with E-state index in [9.17, 15) is 4.39 Å². The molecular formula is C14H19FN4. The summed E-state index contributed by atoms with van der Waals surface area (Å²) in [5.41, 5.74) is 6.42. The molecule has 1 heterocycles. The molecule has 0 atom stereocenters. The molecule has 19 heavy (non-hydrogen) atoms. The van der Waals surface area contributed by atoms with Gasteiger partial charge in [-0.2, -0.15) is 0 Å². The fourth-order valence-electron chi connectivity index (χ4n) is 2.02. The zero-order valence-electron chi connectivity index (χ0n) is 11.3. The number of anilines is 2. The Kier molecular flexibility index (Phi) is 4.16. The van der Waals surface area contributed by atoms with E-state index in [1.165, 1.54) is 6.07 Å². The highest BCUT2D eigenvalue weighted by Gasteiger charge is 2.09. The normalized spacial score (nSPS) is 11.2. The molecule has 2 rings (SSSR count). The first-order valence-electron chi connectivity index (χ1n) is 6.31. The predicted molar refractivity (Wildman–Crippen MR) is 77.8 cm³/mol. The molecule has 0 fully saturated rings. The maximum absolute atomic E-state index is 13.9. The molecule has 1 aromatic carbocycles. The minimum atomic E-state index is -0.299. The van der Waals surface area contributed by atoms with Crippen LogP contribution in [0.25, 0.3) is 10.8 Å². The molecule has 102 valence electrons. The van der Waals surface area contributed by atoms with Gasteiger partial charge in [-0.1, -0.05) is 0 Å². The maximum atomic E-state index is 13.9. The van der Waals surface area contributed by atoms with Gasteiger partial charge in [0.15, 0.2) is 0 Å². The standard InChI is InChI=1S/C14H19FN4/c1-19(2)9-3-7-17-14-13-10(6-8-18-14)12(16)5-4-11(13)15/h4-6,8H,3,7,9,16H2,1-2H3,(H,17,18). The van der Waals surface area contributed by atoms with Crippen molar-refractivity contribution < 1.29 is 4.39 Å². The van der Waals surface area contributed by atoms with Gasteiger partial charge in [-0.3, -0.25) is 0 Å². The van der Waals surface area contributed by atoms with E-state index in [0.29, 0.717) is 22.3 Å². The molecule has 0 saturated heterocycles. The van der Waals surface area contributed by atoms with Gasteiger partial charge in [0.25, 0.3) is 0 Å². The van der Waals surface area contributed by atoms with E-state index < -0.39 is 0 Å². The average Bonchev–Trinajstić information content (AvgIpc) is 2.39. The van der Waals surface area contributed by atoms with Crippen molar-refractivity contribution in [1.82, 2.24) is 9.88 Å². The second-order valence-corrected chi connectivity index (χ2v) is 4.80. The molecule has 0 saturated carbocycles. The third-order valence-corrected chi connectivity index (χ3v) is 2.98. The molecule has 0 unspecified atom stereocenters. The number of nitrogens with zero attached hydrogens (tertiary/aromatic N) is 2. The number of nitrogens with one attached hydrogen (secondary N) is 1. The van der Waals surface area contributed by atoms with Crippen LogP contribution in [0.2, 0.25) is 0 Å². The van der Waals surface area contributed by atoms with Crippen molar-refractivity contribution in [2.45, 2.75) is 6.42 Å². The molecule has 0 aliphatic heterocycles. The van der Waals surface area contributed by atoms with Gasteiger partial charge in [0, 0.05) is 23.8 Å². The summed E-state index contributed by atoms with van der Waals surface area (Å²) in [6, 6.07) is 4.69. The smallest absolute Gasteiger partial charge is 0.136 e. The lowest BCUT2D eigenvalue weighted by atomic mass is 10.1. The van der Waals surface area contributed by atoms with E-state index in [0.717, 1.165) is 19.5 Å². The van der Waals surface area contributed by atoms with Crippen LogP contribution in [-0.2, 0) is 0 Å². The van der Waals surface area contributed by atoms with Crippen LogP contribution in [0.1, 0.15) is 6.42 Å². The first kappa shape index (κ1) is 13.5. The van der Waals surface area contributed by atoms with E-state index in [-0.39, 0.29) is 5.82 Å². The highest BCUT2D eigenvalue weighted by molar-refractivity contribution is 5.99. The second kappa shape index (κ2) is 5.84. The second-order valence-electron chi connectivity index (χ2n) is 4.80. The lowest BCUT2D eigenvalue weighted by Crippen LogP contribution is -2.16. The Labute approximate surface area is 112 Å². The van der Waals surface area contributed by atoms with Gasteiger partial charge < -0.3 is 16.0 Å². The lowest BCUT2D eigenvalue weighted by Gasteiger charge is -2.12. The van der Waals surface area contributed by atoms with Crippen molar-refractivity contribution in [1.29, 1.82) is 0 Å². The summed E-state index contributed by atoms with van der Waals surface area (Å²) in [4.78, 5) is 6.31. The van der Waals surface area contributed by atoms with Crippen LogP contribution in [0, 0.1) is 5.82 Å². The summed E-state index contributed by atoms with van der Waals surface area (Å²) in [5, 5.41) is 4.34. The minimum absolute atomic E-state index is 0.299. The Morgan fingerprint density at radius 1 is 1.32 bits per heavy atom. The van der Waals surface area contributed by atoms with Crippen molar-refractivity contribution in [3.8, 4) is 0 Å². The van der Waals surface area contributed by atoms with Gasteiger partial charge in [-0.05, 0) is 45.3 Å². The molecule has 0 radical (unpaired) electrons. The first-order chi connectivity index (χ1) is 9.09. The number of hydrogen-bond acceptors (Lipinski definition) is 4. The monoisotopic (exact) mass is 262 g/mol. The molecule has 0 bridgehead atoms. The SMILES string of the molecule is CN(C)CCCNc1nccc2c(N)ccc(F)c12. The Morgan fingerprint density at radius 2 is 2.11 bits per heavy atom. The van der Waals surface area contributed by atoms with Crippen LogP contribution >= 0.6 is 0 Å². The number of hydrogen-bond donors (Lipinski definition) is 2. The average molecular weight is 262 g/mol. The Hall–Kier alpha value is -1.88. The third kappa shape index (κ3) is 3.12. The van der Waals surface area contributed by atoms with Crippen molar-refractivity contribution in [3.63, 3.8) is 0 Å². The van der Waals surface area contributed by atoms with Crippen LogP contribution in [-0.4, -0.2) is 37.1 Å². The van der Waals surface area contributed by atoms with E-state index in [2.05, 4.69) is 15.2 Å². The summed E-state index contributed by atoms with van der Waals surface area (Å²) < 4.78 is 13.9. The highest BCUT2D eigenvalue weighted by Crippen LogP contribution is 2.28. The fourth-order valence-corrected chi connectivity index (χ4v) is 2.02. The van der Waals surface area contributed by atoms with E-state index >= 15 is 0 Å². The van der Waals surface area contributed by atoms with Crippen LogP contribution in [0.3, 0.4) is 0 Å². The lowest BCUT2D eigenvalue weighted by molar-refractivity contribution is 0.405. The number of nitrogen functional groups attached to an aromatic ring is 1. The van der Waals surface area contributed by atoms with Crippen LogP contribution in [0.5, 0.6) is 0 Å². The number of benzene rings is 1. The van der Waals surface area contributed by atoms with Crippen molar-refractivity contribution in [2.75, 3.05) is 38.2 Å².